The van der Waals surface area contributed by atoms with Crippen LogP contribution in [0, 0.1) is 0 Å². The summed E-state index contributed by atoms with van der Waals surface area (Å²) < 4.78 is 5.32. The molecular weight excluding hydrogens is 264 g/mol. The van der Waals surface area contributed by atoms with E-state index in [1.165, 1.54) is 11.8 Å². The number of amides is 2. The molecule has 6 heteroatoms. The van der Waals surface area contributed by atoms with Gasteiger partial charge in [0.2, 0.25) is 11.8 Å². The monoisotopic (exact) mass is 280 g/mol. The fraction of sp³-hybridized carbons (Fsp3) is 0.385. The van der Waals surface area contributed by atoms with Crippen molar-refractivity contribution in [1.82, 2.24) is 10.2 Å². The van der Waals surface area contributed by atoms with Gasteiger partial charge in [-0.2, -0.15) is 0 Å². The fourth-order valence-corrected chi connectivity index (χ4v) is 3.20. The molecule has 0 saturated carbocycles. The lowest BCUT2D eigenvalue weighted by molar-refractivity contribution is -0.133. The Hall–Kier alpha value is -1.69. The van der Waals surface area contributed by atoms with Crippen LogP contribution >= 0.6 is 11.8 Å². The van der Waals surface area contributed by atoms with Gasteiger partial charge in [0.15, 0.2) is 0 Å². The number of nitrogens with one attached hydrogen (secondary N) is 1. The van der Waals surface area contributed by atoms with E-state index in [0.717, 1.165) is 11.3 Å². The molecule has 1 N–H and O–H groups in total. The van der Waals surface area contributed by atoms with Crippen molar-refractivity contribution < 1.29 is 14.3 Å². The van der Waals surface area contributed by atoms with Crippen LogP contribution in [0.3, 0.4) is 0 Å². The lowest BCUT2D eigenvalue weighted by atomic mass is 10.2. The Kier molecular flexibility index (Phi) is 4.31. The zero-order chi connectivity index (χ0) is 13.8. The second-order valence-electron chi connectivity index (χ2n) is 4.10. The smallest absolute Gasteiger partial charge is 0.239 e. The van der Waals surface area contributed by atoms with Gasteiger partial charge in [-0.3, -0.25) is 9.59 Å². The molecule has 1 saturated heterocycles. The number of likely N-dealkylation sites (N-methyl/N-ethyl adjacent to an activating group) is 1. The maximum Gasteiger partial charge on any atom is 0.239 e. The largest absolute Gasteiger partial charge is 0.496 e. The summed E-state index contributed by atoms with van der Waals surface area (Å²) in [5, 5.41) is 2.37. The van der Waals surface area contributed by atoms with Gasteiger partial charge < -0.3 is 15.0 Å². The zero-order valence-electron chi connectivity index (χ0n) is 10.9. The number of hydrogen-bond acceptors (Lipinski definition) is 4. The fourth-order valence-electron chi connectivity index (χ4n) is 1.99. The van der Waals surface area contributed by atoms with Crippen molar-refractivity contribution in [1.29, 1.82) is 0 Å². The highest BCUT2D eigenvalue weighted by molar-refractivity contribution is 8.00. The quantitative estimate of drug-likeness (QED) is 0.894. The van der Waals surface area contributed by atoms with Crippen LogP contribution in [0.25, 0.3) is 0 Å². The molecule has 0 bridgehead atoms. The molecule has 19 heavy (non-hydrogen) atoms. The first-order valence-corrected chi connectivity index (χ1v) is 6.96. The molecule has 1 aromatic carbocycles. The SMILES string of the molecule is CNC(=O)CN1C(=O)CS[C@H]1c1ccccc1OC. The van der Waals surface area contributed by atoms with Gasteiger partial charge in [-0.25, -0.2) is 0 Å². The molecule has 1 atom stereocenters. The van der Waals surface area contributed by atoms with Gasteiger partial charge in [-0.15, -0.1) is 11.8 Å². The first kappa shape index (κ1) is 13.7. The Morgan fingerprint density at radius 2 is 2.26 bits per heavy atom. The number of para-hydroxylation sites is 1. The maximum absolute atomic E-state index is 11.9. The normalized spacial score (nSPS) is 18.5. The summed E-state index contributed by atoms with van der Waals surface area (Å²) in [5.41, 5.74) is 0.921. The van der Waals surface area contributed by atoms with E-state index in [1.807, 2.05) is 24.3 Å². The van der Waals surface area contributed by atoms with Crippen molar-refractivity contribution in [2.24, 2.45) is 0 Å². The second kappa shape index (κ2) is 5.97. The van der Waals surface area contributed by atoms with E-state index in [0.29, 0.717) is 5.75 Å². The Labute approximate surface area is 116 Å². The third-order valence-electron chi connectivity index (χ3n) is 2.97. The van der Waals surface area contributed by atoms with Gasteiger partial charge in [0.25, 0.3) is 0 Å². The van der Waals surface area contributed by atoms with Crippen molar-refractivity contribution in [3.63, 3.8) is 0 Å². The van der Waals surface area contributed by atoms with Gasteiger partial charge in [0.1, 0.15) is 17.7 Å². The molecule has 1 aromatic rings. The van der Waals surface area contributed by atoms with Gasteiger partial charge in [-0.1, -0.05) is 18.2 Å². The Balaban J connectivity index is 2.27. The summed E-state index contributed by atoms with van der Waals surface area (Å²) in [7, 11) is 3.16. The van der Waals surface area contributed by atoms with Gasteiger partial charge >= 0.3 is 0 Å². The average Bonchev–Trinajstić information content (AvgIpc) is 2.80. The van der Waals surface area contributed by atoms with Crippen molar-refractivity contribution in [3.8, 4) is 5.75 Å². The highest BCUT2D eigenvalue weighted by Crippen LogP contribution is 2.41. The Bertz CT molecular complexity index is 493. The lowest BCUT2D eigenvalue weighted by Gasteiger charge is -2.24. The zero-order valence-corrected chi connectivity index (χ0v) is 11.7. The number of hydrogen-bond donors (Lipinski definition) is 1. The molecule has 0 unspecified atom stereocenters. The van der Waals surface area contributed by atoms with E-state index in [2.05, 4.69) is 5.32 Å². The summed E-state index contributed by atoms with van der Waals surface area (Å²) in [6, 6.07) is 7.56. The van der Waals surface area contributed by atoms with E-state index in [-0.39, 0.29) is 23.7 Å². The van der Waals surface area contributed by atoms with Crippen LogP contribution in [0.1, 0.15) is 10.9 Å². The minimum absolute atomic E-state index is 0.0236. The molecule has 0 aliphatic carbocycles. The number of ether oxygens (including phenoxy) is 1. The number of rotatable bonds is 4. The van der Waals surface area contributed by atoms with Gasteiger partial charge in [0, 0.05) is 12.6 Å². The second-order valence-corrected chi connectivity index (χ2v) is 5.17. The Morgan fingerprint density at radius 1 is 1.53 bits per heavy atom. The van der Waals surface area contributed by atoms with Crippen LogP contribution < -0.4 is 10.1 Å². The first-order valence-electron chi connectivity index (χ1n) is 5.92. The first-order chi connectivity index (χ1) is 9.17. The number of thioether (sulfide) groups is 1. The number of carbonyl (C=O) groups is 2. The highest BCUT2D eigenvalue weighted by atomic mass is 32.2. The molecular formula is C13H16N2O3S. The van der Waals surface area contributed by atoms with Crippen LogP contribution in [0.2, 0.25) is 0 Å². The number of benzene rings is 1. The average molecular weight is 280 g/mol. The van der Waals surface area contributed by atoms with Crippen LogP contribution in [0.4, 0.5) is 0 Å². The minimum Gasteiger partial charge on any atom is -0.496 e. The molecule has 102 valence electrons. The predicted octanol–water partition coefficient (Wildman–Crippen LogP) is 1.02. The highest BCUT2D eigenvalue weighted by Gasteiger charge is 2.35. The van der Waals surface area contributed by atoms with Crippen molar-refractivity contribution >= 4 is 23.6 Å². The third kappa shape index (κ3) is 2.84. The Morgan fingerprint density at radius 3 is 2.95 bits per heavy atom. The molecule has 0 aromatic heterocycles. The van der Waals surface area contributed by atoms with E-state index < -0.39 is 0 Å². The molecule has 1 aliphatic heterocycles. The van der Waals surface area contributed by atoms with Crippen LogP contribution in [-0.4, -0.2) is 43.2 Å². The van der Waals surface area contributed by atoms with E-state index in [1.54, 1.807) is 19.1 Å². The summed E-state index contributed by atoms with van der Waals surface area (Å²) in [4.78, 5) is 25.0. The molecule has 0 spiro atoms. The maximum atomic E-state index is 11.9. The molecule has 5 nitrogen and oxygen atoms in total. The lowest BCUT2D eigenvalue weighted by Crippen LogP contribution is -2.38. The third-order valence-corrected chi connectivity index (χ3v) is 4.20. The topological polar surface area (TPSA) is 58.6 Å². The van der Waals surface area contributed by atoms with E-state index in [4.69, 9.17) is 4.74 Å². The molecule has 2 amide bonds. The standard InChI is InChI=1S/C13H16N2O3S/c1-14-11(16)7-15-12(17)8-19-13(15)9-5-3-4-6-10(9)18-2/h3-6,13H,7-8H2,1-2H3,(H,14,16)/t13-/m0/s1. The minimum atomic E-state index is -0.171. The van der Waals surface area contributed by atoms with Gasteiger partial charge in [-0.05, 0) is 6.07 Å². The van der Waals surface area contributed by atoms with Crippen molar-refractivity contribution in [3.05, 3.63) is 29.8 Å². The van der Waals surface area contributed by atoms with E-state index >= 15 is 0 Å². The molecule has 0 radical (unpaired) electrons. The summed E-state index contributed by atoms with van der Waals surface area (Å²) in [6.45, 7) is 0.0745. The predicted molar refractivity (Wildman–Crippen MR) is 74.0 cm³/mol. The van der Waals surface area contributed by atoms with Crippen LogP contribution in [-0.2, 0) is 9.59 Å². The molecule has 2 rings (SSSR count). The summed E-state index contributed by atoms with van der Waals surface area (Å²) >= 11 is 1.51. The van der Waals surface area contributed by atoms with Gasteiger partial charge in [0.05, 0.1) is 12.9 Å². The van der Waals surface area contributed by atoms with Crippen LogP contribution in [0.5, 0.6) is 5.75 Å². The van der Waals surface area contributed by atoms with Crippen molar-refractivity contribution in [2.75, 3.05) is 26.5 Å². The molecule has 1 heterocycles. The molecule has 1 fully saturated rings. The summed E-state index contributed by atoms with van der Waals surface area (Å²) in [6.07, 6.45) is 0. The number of methoxy groups -OCH3 is 1. The van der Waals surface area contributed by atoms with E-state index in [9.17, 15) is 9.59 Å². The summed E-state index contributed by atoms with van der Waals surface area (Å²) in [5.74, 6) is 0.927. The van der Waals surface area contributed by atoms with Crippen LogP contribution in [0.15, 0.2) is 24.3 Å². The number of carbonyl (C=O) groups excluding carboxylic acids is 2. The molecule has 1 aliphatic rings. The van der Waals surface area contributed by atoms with Crippen molar-refractivity contribution in [2.45, 2.75) is 5.37 Å². The number of nitrogens with zero attached hydrogens (tertiary/aromatic N) is 1.